The molecule has 0 fully saturated rings. The highest BCUT2D eigenvalue weighted by Gasteiger charge is 2.18. The third kappa shape index (κ3) is 2.65. The van der Waals surface area contributed by atoms with Gasteiger partial charge in [0.2, 0.25) is 0 Å². The lowest BCUT2D eigenvalue weighted by Crippen LogP contribution is -2.01. The van der Waals surface area contributed by atoms with Gasteiger partial charge in [-0.25, -0.2) is 0 Å². The van der Waals surface area contributed by atoms with Crippen LogP contribution in [0.5, 0.6) is 0 Å². The molecule has 5 rings (SSSR count). The molecule has 1 aromatic heterocycles. The van der Waals surface area contributed by atoms with E-state index >= 15 is 0 Å². The lowest BCUT2D eigenvalue weighted by Gasteiger charge is -2.12. The van der Waals surface area contributed by atoms with E-state index in [9.17, 15) is 0 Å². The van der Waals surface area contributed by atoms with Gasteiger partial charge in [-0.15, -0.1) is 10.2 Å². The Balaban J connectivity index is 1.85. The first-order valence-electron chi connectivity index (χ1n) is 8.79. The highest BCUT2D eigenvalue weighted by atomic mass is 15.3. The highest BCUT2D eigenvalue weighted by Crippen LogP contribution is 2.31. The smallest absolute Gasteiger partial charge is 0.168 e. The molecule has 0 aliphatic rings. The minimum atomic E-state index is 0.805. The van der Waals surface area contributed by atoms with Crippen molar-refractivity contribution in [2.24, 2.45) is 0 Å². The van der Waals surface area contributed by atoms with Gasteiger partial charge in [0, 0.05) is 11.1 Å². The molecule has 0 saturated carbocycles. The van der Waals surface area contributed by atoms with Crippen molar-refractivity contribution in [1.29, 1.82) is 0 Å². The predicted molar refractivity (Wildman–Crippen MR) is 107 cm³/mol. The number of benzene rings is 3. The molecule has 0 unspecified atom stereocenters. The van der Waals surface area contributed by atoms with Crippen molar-refractivity contribution in [3.05, 3.63) is 103 Å². The first-order valence-corrected chi connectivity index (χ1v) is 8.79. The summed E-state index contributed by atoms with van der Waals surface area (Å²) in [5.74, 6) is 1.61. The minimum Gasteiger partial charge on any atom is -0.274 e. The van der Waals surface area contributed by atoms with E-state index in [0.29, 0.717) is 0 Å². The fraction of sp³-hybridized carbons (Fsp3) is 0. The SMILES string of the molecule is c1ccc2cccc(-n3c(-c4ccccc4)nnc3-c3ccccc3)c2c#1. The molecule has 4 aromatic carbocycles. The predicted octanol–water partition coefficient (Wildman–Crippen LogP) is 5.35. The van der Waals surface area contributed by atoms with Crippen molar-refractivity contribution in [3.63, 3.8) is 0 Å². The van der Waals surface area contributed by atoms with Crippen molar-refractivity contribution >= 4 is 10.8 Å². The van der Waals surface area contributed by atoms with Crippen LogP contribution in [-0.2, 0) is 0 Å². The second kappa shape index (κ2) is 6.44. The maximum absolute atomic E-state index is 4.53. The summed E-state index contributed by atoms with van der Waals surface area (Å²) < 4.78 is 2.11. The molecule has 3 nitrogen and oxygen atoms in total. The number of fused-ring (bicyclic) bond motifs is 1. The number of aromatic nitrogens is 3. The van der Waals surface area contributed by atoms with Crippen LogP contribution in [0.3, 0.4) is 0 Å². The molecule has 0 saturated heterocycles. The standard InChI is InChI=1S/C24H15N3/c1-3-11-19(12-4-1)23-25-26-24(20-13-5-2-6-14-20)27(23)22-17-9-15-18-10-7-8-16-21(18)22/h1-7,9-15,17H. The molecule has 0 amide bonds. The molecule has 0 atom stereocenters. The zero-order chi connectivity index (χ0) is 18.1. The number of hydrogen-bond donors (Lipinski definition) is 0. The van der Waals surface area contributed by atoms with Gasteiger partial charge in [-0.05, 0) is 23.6 Å². The largest absolute Gasteiger partial charge is 0.274 e. The normalized spacial score (nSPS) is 10.7. The van der Waals surface area contributed by atoms with Crippen LogP contribution < -0.4 is 0 Å². The van der Waals surface area contributed by atoms with E-state index in [2.05, 4.69) is 69.4 Å². The molecule has 0 spiro atoms. The molecule has 0 radical (unpaired) electrons. The maximum Gasteiger partial charge on any atom is 0.168 e. The quantitative estimate of drug-likeness (QED) is 0.441. The molecule has 0 bridgehead atoms. The van der Waals surface area contributed by atoms with Crippen LogP contribution in [0.1, 0.15) is 0 Å². The van der Waals surface area contributed by atoms with E-state index in [1.165, 1.54) is 0 Å². The molecule has 0 aliphatic carbocycles. The Kier molecular flexibility index (Phi) is 3.66. The van der Waals surface area contributed by atoms with Gasteiger partial charge in [-0.2, -0.15) is 0 Å². The van der Waals surface area contributed by atoms with Crippen LogP contribution in [0.15, 0.2) is 91.0 Å². The van der Waals surface area contributed by atoms with Gasteiger partial charge >= 0.3 is 0 Å². The van der Waals surface area contributed by atoms with E-state index < -0.39 is 0 Å². The average Bonchev–Trinajstić information content (AvgIpc) is 3.19. The van der Waals surface area contributed by atoms with Crippen molar-refractivity contribution < 1.29 is 0 Å². The van der Waals surface area contributed by atoms with Crippen LogP contribution >= 0.6 is 0 Å². The van der Waals surface area contributed by atoms with Crippen LogP contribution in [0, 0.1) is 12.1 Å². The summed E-state index contributed by atoms with van der Waals surface area (Å²) in [4.78, 5) is 0. The van der Waals surface area contributed by atoms with Crippen molar-refractivity contribution in [3.8, 4) is 28.5 Å². The van der Waals surface area contributed by atoms with Crippen LogP contribution in [0.4, 0.5) is 0 Å². The molecule has 3 heteroatoms. The summed E-state index contributed by atoms with van der Waals surface area (Å²) in [5.41, 5.74) is 3.03. The third-order valence-electron chi connectivity index (χ3n) is 4.59. The number of nitrogens with zero attached hydrogens (tertiary/aromatic N) is 3. The Morgan fingerprint density at radius 2 is 1.26 bits per heavy atom. The van der Waals surface area contributed by atoms with Gasteiger partial charge < -0.3 is 0 Å². The summed E-state index contributed by atoms with van der Waals surface area (Å²) >= 11 is 0. The van der Waals surface area contributed by atoms with Gasteiger partial charge in [0.15, 0.2) is 11.6 Å². The third-order valence-corrected chi connectivity index (χ3v) is 4.59. The molecule has 1 heterocycles. The Labute approximate surface area is 157 Å². The first kappa shape index (κ1) is 15.4. The van der Waals surface area contributed by atoms with Crippen molar-refractivity contribution in [2.75, 3.05) is 0 Å². The van der Waals surface area contributed by atoms with Gasteiger partial charge in [0.05, 0.1) is 11.1 Å². The number of hydrogen-bond acceptors (Lipinski definition) is 2. The topological polar surface area (TPSA) is 30.7 Å². The van der Waals surface area contributed by atoms with Gasteiger partial charge in [-0.1, -0.05) is 84.9 Å². The van der Waals surface area contributed by atoms with E-state index in [1.807, 2.05) is 48.5 Å². The molecule has 0 N–H and O–H groups in total. The van der Waals surface area contributed by atoms with E-state index in [-0.39, 0.29) is 0 Å². The van der Waals surface area contributed by atoms with Gasteiger partial charge in [0.25, 0.3) is 0 Å². The van der Waals surface area contributed by atoms with Crippen molar-refractivity contribution in [1.82, 2.24) is 14.8 Å². The molecule has 0 aliphatic heterocycles. The zero-order valence-corrected chi connectivity index (χ0v) is 14.5. The first-order chi connectivity index (χ1) is 13.4. The van der Waals surface area contributed by atoms with E-state index in [4.69, 9.17) is 0 Å². The zero-order valence-electron chi connectivity index (χ0n) is 14.5. The average molecular weight is 345 g/mol. The van der Waals surface area contributed by atoms with Crippen LogP contribution in [0.25, 0.3) is 39.2 Å². The van der Waals surface area contributed by atoms with E-state index in [0.717, 1.165) is 39.2 Å². The fourth-order valence-electron chi connectivity index (χ4n) is 3.32. The minimum absolute atomic E-state index is 0.805. The molecule has 5 aromatic rings. The lowest BCUT2D eigenvalue weighted by atomic mass is 10.1. The maximum atomic E-state index is 4.53. The Morgan fingerprint density at radius 3 is 1.89 bits per heavy atom. The summed E-state index contributed by atoms with van der Waals surface area (Å²) in [7, 11) is 0. The fourth-order valence-corrected chi connectivity index (χ4v) is 3.32. The Hall–Kier alpha value is -3.90. The molecule has 126 valence electrons. The van der Waals surface area contributed by atoms with E-state index in [1.54, 1.807) is 0 Å². The number of rotatable bonds is 3. The Morgan fingerprint density at radius 1 is 0.630 bits per heavy atom. The van der Waals surface area contributed by atoms with Crippen LogP contribution in [0.2, 0.25) is 0 Å². The molecule has 27 heavy (non-hydrogen) atoms. The second-order valence-corrected chi connectivity index (χ2v) is 6.26. The van der Waals surface area contributed by atoms with Crippen LogP contribution in [-0.4, -0.2) is 14.8 Å². The summed E-state index contributed by atoms with van der Waals surface area (Å²) in [6, 6.07) is 36.7. The monoisotopic (exact) mass is 345 g/mol. The summed E-state index contributed by atoms with van der Waals surface area (Å²) in [6.07, 6.45) is 0. The summed E-state index contributed by atoms with van der Waals surface area (Å²) in [6.45, 7) is 0. The Bertz CT molecular complexity index is 1150. The second-order valence-electron chi connectivity index (χ2n) is 6.26. The van der Waals surface area contributed by atoms with Gasteiger partial charge in [-0.3, -0.25) is 4.57 Å². The molecular formula is C24H15N3. The lowest BCUT2D eigenvalue weighted by molar-refractivity contribution is 1.08. The summed E-state index contributed by atoms with van der Waals surface area (Å²) in [5, 5.41) is 11.2. The molecular weight excluding hydrogens is 330 g/mol. The highest BCUT2D eigenvalue weighted by molar-refractivity contribution is 5.90. The van der Waals surface area contributed by atoms with Gasteiger partial charge in [0.1, 0.15) is 0 Å². The van der Waals surface area contributed by atoms with Crippen molar-refractivity contribution in [2.45, 2.75) is 0 Å².